The van der Waals surface area contributed by atoms with Crippen LogP contribution in [0.3, 0.4) is 0 Å². The Morgan fingerprint density at radius 2 is 1.91 bits per heavy atom. The topological polar surface area (TPSA) is 103 Å². The molecule has 0 unspecified atom stereocenters. The van der Waals surface area contributed by atoms with Gasteiger partial charge in [0, 0.05) is 17.4 Å². The van der Waals surface area contributed by atoms with Gasteiger partial charge in [-0.15, -0.1) is 0 Å². The van der Waals surface area contributed by atoms with Crippen molar-refractivity contribution in [3.8, 4) is 11.3 Å². The Kier molecular flexibility index (Phi) is 6.75. The number of fused-ring (bicyclic) bond motifs is 1. The fourth-order valence-corrected chi connectivity index (χ4v) is 3.42. The second-order valence-corrected chi connectivity index (χ2v) is 7.23. The van der Waals surface area contributed by atoms with Crippen molar-refractivity contribution < 1.29 is 31.9 Å². The van der Waals surface area contributed by atoms with Crippen molar-refractivity contribution in [2.45, 2.75) is 26.3 Å². The molecule has 0 aliphatic carbocycles. The van der Waals surface area contributed by atoms with Crippen LogP contribution in [-0.2, 0) is 16.1 Å². The number of esters is 1. The van der Waals surface area contributed by atoms with Crippen molar-refractivity contribution >= 4 is 23.2 Å². The number of aromatic nitrogens is 5. The lowest BCUT2D eigenvalue weighted by Crippen LogP contribution is -2.21. The highest BCUT2D eigenvalue weighted by atomic mass is 19.3. The lowest BCUT2D eigenvalue weighted by Gasteiger charge is -2.10. The molecule has 13 heteroatoms. The van der Waals surface area contributed by atoms with Gasteiger partial charge in [-0.2, -0.15) is 10.2 Å². The number of carbonyl (C=O) groups excluding carboxylic acids is 2. The van der Waals surface area contributed by atoms with E-state index in [1.165, 1.54) is 16.9 Å². The summed E-state index contributed by atoms with van der Waals surface area (Å²) in [5.41, 5.74) is 0.322. The van der Waals surface area contributed by atoms with Crippen molar-refractivity contribution in [3.05, 3.63) is 65.7 Å². The highest BCUT2D eigenvalue weighted by Gasteiger charge is 2.22. The number of alkyl halides is 4. The summed E-state index contributed by atoms with van der Waals surface area (Å²) in [6.45, 7) is 1.19. The van der Waals surface area contributed by atoms with Gasteiger partial charge in [-0.1, -0.05) is 12.1 Å². The number of nitrogens with one attached hydrogen (secondary N) is 1. The highest BCUT2D eigenvalue weighted by molar-refractivity contribution is 5.96. The highest BCUT2D eigenvalue weighted by Crippen LogP contribution is 2.26. The average Bonchev–Trinajstić information content (AvgIpc) is 3.44. The van der Waals surface area contributed by atoms with Crippen LogP contribution in [0.4, 0.5) is 23.2 Å². The van der Waals surface area contributed by atoms with Crippen molar-refractivity contribution in [2.24, 2.45) is 0 Å². The number of nitrogens with zero attached hydrogens (tertiary/aromatic N) is 5. The molecule has 0 atom stereocenters. The Morgan fingerprint density at radius 1 is 1.11 bits per heavy atom. The summed E-state index contributed by atoms with van der Waals surface area (Å²) in [6.07, 6.45) is -3.29. The molecular weight excluding hydrogens is 472 g/mol. The predicted molar refractivity (Wildman–Crippen MR) is 115 cm³/mol. The number of carbonyl (C=O) groups is 2. The number of halogens is 4. The van der Waals surface area contributed by atoms with Gasteiger partial charge in [0.1, 0.15) is 23.5 Å². The van der Waals surface area contributed by atoms with Crippen molar-refractivity contribution in [1.82, 2.24) is 24.4 Å². The molecule has 4 rings (SSSR count). The molecule has 182 valence electrons. The number of rotatable bonds is 8. The second kappa shape index (κ2) is 9.91. The SMILES string of the molecule is CCOC(=O)c1cnn2c(-c3cccc(NC(=O)Cn4nc(C(F)F)cc4C(F)F)c3)ccnc12. The van der Waals surface area contributed by atoms with Crippen LogP contribution in [0.25, 0.3) is 16.9 Å². The smallest absolute Gasteiger partial charge is 0.343 e. The van der Waals surface area contributed by atoms with Crippen LogP contribution in [0.1, 0.15) is 41.5 Å². The number of amides is 1. The van der Waals surface area contributed by atoms with Gasteiger partial charge < -0.3 is 10.1 Å². The minimum atomic E-state index is -3.08. The molecule has 1 aromatic carbocycles. The zero-order valence-electron chi connectivity index (χ0n) is 18.2. The van der Waals surface area contributed by atoms with Gasteiger partial charge in [0.25, 0.3) is 12.9 Å². The molecule has 0 saturated heterocycles. The first kappa shape index (κ1) is 23.9. The maximum atomic E-state index is 13.2. The monoisotopic (exact) mass is 490 g/mol. The molecule has 1 amide bonds. The molecule has 35 heavy (non-hydrogen) atoms. The van der Waals surface area contributed by atoms with Crippen molar-refractivity contribution in [1.29, 1.82) is 0 Å². The van der Waals surface area contributed by atoms with Crippen LogP contribution in [0.2, 0.25) is 0 Å². The fraction of sp³-hybridized carbons (Fsp3) is 0.227. The summed E-state index contributed by atoms with van der Waals surface area (Å²) in [5.74, 6) is -1.30. The first-order chi connectivity index (χ1) is 16.8. The Labute approximate surface area is 195 Å². The fourth-order valence-electron chi connectivity index (χ4n) is 3.42. The van der Waals surface area contributed by atoms with Crippen molar-refractivity contribution in [3.63, 3.8) is 0 Å². The summed E-state index contributed by atoms with van der Waals surface area (Å²) < 4.78 is 59.0. The van der Waals surface area contributed by atoms with E-state index in [1.807, 2.05) is 0 Å². The minimum Gasteiger partial charge on any atom is -0.462 e. The number of benzene rings is 1. The molecule has 0 saturated carbocycles. The minimum absolute atomic E-state index is 0.190. The molecule has 4 aromatic rings. The molecule has 0 spiro atoms. The summed E-state index contributed by atoms with van der Waals surface area (Å²) in [7, 11) is 0. The number of ether oxygens (including phenoxy) is 1. The molecule has 0 radical (unpaired) electrons. The summed E-state index contributed by atoms with van der Waals surface area (Å²) in [6, 6.07) is 8.76. The average molecular weight is 490 g/mol. The predicted octanol–water partition coefficient (Wildman–Crippen LogP) is 4.28. The Balaban J connectivity index is 1.57. The van der Waals surface area contributed by atoms with E-state index in [0.29, 0.717) is 27.7 Å². The molecule has 0 aliphatic rings. The largest absolute Gasteiger partial charge is 0.462 e. The molecule has 9 nitrogen and oxygen atoms in total. The molecule has 1 N–H and O–H groups in total. The van der Waals surface area contributed by atoms with E-state index in [-0.39, 0.29) is 17.8 Å². The van der Waals surface area contributed by atoms with E-state index >= 15 is 0 Å². The lowest BCUT2D eigenvalue weighted by atomic mass is 10.1. The van der Waals surface area contributed by atoms with Gasteiger partial charge >= 0.3 is 5.97 Å². The quantitative estimate of drug-likeness (QED) is 0.292. The lowest BCUT2D eigenvalue weighted by molar-refractivity contribution is -0.117. The zero-order chi connectivity index (χ0) is 25.1. The zero-order valence-corrected chi connectivity index (χ0v) is 18.2. The van der Waals surface area contributed by atoms with Gasteiger partial charge in [-0.25, -0.2) is 31.9 Å². The maximum absolute atomic E-state index is 13.2. The third-order valence-electron chi connectivity index (χ3n) is 4.91. The molecule has 3 heterocycles. The molecule has 0 fully saturated rings. The Bertz CT molecular complexity index is 1380. The van der Waals surface area contributed by atoms with Gasteiger partial charge in [0.15, 0.2) is 5.65 Å². The Morgan fingerprint density at radius 3 is 2.63 bits per heavy atom. The van der Waals surface area contributed by atoms with E-state index in [1.54, 1.807) is 37.3 Å². The third kappa shape index (κ3) is 4.98. The molecule has 3 aromatic heterocycles. The van der Waals surface area contributed by atoms with Gasteiger partial charge in [0.2, 0.25) is 5.91 Å². The van der Waals surface area contributed by atoms with Gasteiger partial charge in [0.05, 0.1) is 18.5 Å². The van der Waals surface area contributed by atoms with Gasteiger partial charge in [-0.05, 0) is 31.2 Å². The summed E-state index contributed by atoms with van der Waals surface area (Å²) in [5, 5.41) is 10.2. The molecule has 0 bridgehead atoms. The molecule has 0 aliphatic heterocycles. The number of hydrogen-bond acceptors (Lipinski definition) is 6. The van der Waals surface area contributed by atoms with E-state index in [4.69, 9.17) is 4.74 Å². The van der Waals surface area contributed by atoms with Crippen molar-refractivity contribution in [2.75, 3.05) is 11.9 Å². The maximum Gasteiger partial charge on any atom is 0.343 e. The number of hydrogen-bond donors (Lipinski definition) is 1. The normalized spacial score (nSPS) is 11.4. The van der Waals surface area contributed by atoms with Crippen LogP contribution in [0.15, 0.2) is 48.8 Å². The summed E-state index contributed by atoms with van der Waals surface area (Å²) >= 11 is 0. The first-order valence-electron chi connectivity index (χ1n) is 10.3. The van der Waals surface area contributed by atoms with E-state index in [0.717, 1.165) is 0 Å². The van der Waals surface area contributed by atoms with Crippen LogP contribution in [0.5, 0.6) is 0 Å². The first-order valence-corrected chi connectivity index (χ1v) is 10.3. The summed E-state index contributed by atoms with van der Waals surface area (Å²) in [4.78, 5) is 28.8. The standard InChI is InChI=1S/C22H18F4N6O3/c1-2-35-22(34)14-10-28-32-16(6-7-27-21(14)32)12-4-3-5-13(8-12)29-18(33)11-31-17(20(25)26)9-15(30-31)19(23)24/h3-10,19-20H,2,11H2,1H3,(H,29,33). The van der Waals surface area contributed by atoms with Crippen LogP contribution < -0.4 is 5.32 Å². The second-order valence-electron chi connectivity index (χ2n) is 7.23. The van der Waals surface area contributed by atoms with E-state index < -0.39 is 42.7 Å². The molecular formula is C22H18F4N6O3. The Hall–Kier alpha value is -4.29. The van der Waals surface area contributed by atoms with Crippen LogP contribution in [-0.4, -0.2) is 42.9 Å². The van der Waals surface area contributed by atoms with Crippen LogP contribution >= 0.6 is 0 Å². The van der Waals surface area contributed by atoms with E-state index in [9.17, 15) is 27.2 Å². The third-order valence-corrected chi connectivity index (χ3v) is 4.91. The van der Waals surface area contributed by atoms with E-state index in [2.05, 4.69) is 20.5 Å². The van der Waals surface area contributed by atoms with Crippen LogP contribution in [0, 0.1) is 0 Å². The van der Waals surface area contributed by atoms with Gasteiger partial charge in [-0.3, -0.25) is 9.48 Å². The number of anilines is 1.